The summed E-state index contributed by atoms with van der Waals surface area (Å²) in [4.78, 5) is 10.0. The molecule has 0 aromatic rings. The van der Waals surface area contributed by atoms with Gasteiger partial charge in [-0.05, 0) is 38.5 Å². The Kier molecular flexibility index (Phi) is 15.6. The predicted molar refractivity (Wildman–Crippen MR) is 108 cm³/mol. The van der Waals surface area contributed by atoms with Crippen molar-refractivity contribution in [2.24, 2.45) is 11.8 Å². The Balaban J connectivity index is 4.20. The van der Waals surface area contributed by atoms with Crippen LogP contribution in [-0.2, 0) is 28.8 Å². The summed E-state index contributed by atoms with van der Waals surface area (Å²) in [5, 5.41) is 0. The fourth-order valence-electron chi connectivity index (χ4n) is 3.22. The second-order valence-electron chi connectivity index (χ2n) is 7.66. The van der Waals surface area contributed by atoms with Crippen molar-refractivity contribution >= 4 is 10.4 Å². The van der Waals surface area contributed by atoms with Gasteiger partial charge >= 0.3 is 10.4 Å². The number of rotatable bonds is 18. The summed E-state index contributed by atoms with van der Waals surface area (Å²) in [6, 6.07) is 0. The second kappa shape index (κ2) is 15.7. The van der Waals surface area contributed by atoms with Gasteiger partial charge in [0.1, 0.15) is 0 Å². The lowest BCUT2D eigenvalue weighted by Crippen LogP contribution is -2.21. The minimum absolute atomic E-state index is 0.332. The average Bonchev–Trinajstić information content (AvgIpc) is 2.65. The maximum Gasteiger partial charge on any atom is 0.453 e. The first kappa shape index (κ1) is 26.8. The minimum Gasteiger partial charge on any atom is -0.215 e. The van der Waals surface area contributed by atoms with Gasteiger partial charge in [0.05, 0.1) is 12.2 Å². The highest BCUT2D eigenvalue weighted by atomic mass is 32.3. The van der Waals surface area contributed by atoms with Crippen molar-refractivity contribution in [1.82, 2.24) is 0 Å². The molecule has 0 amide bonds. The highest BCUT2D eigenvalue weighted by molar-refractivity contribution is 7.81. The van der Waals surface area contributed by atoms with Gasteiger partial charge in [-0.3, -0.25) is 0 Å². The minimum atomic E-state index is -4.34. The van der Waals surface area contributed by atoms with Crippen LogP contribution >= 0.6 is 0 Å². The zero-order valence-electron chi connectivity index (χ0n) is 18.2. The van der Waals surface area contributed by atoms with E-state index >= 15 is 0 Å². The SMILES string of the molecule is CCCCC(CC)CC(C)OOS(=O)(=O)OOC(C)CC(CC)CCCC. The van der Waals surface area contributed by atoms with E-state index in [-0.39, 0.29) is 12.2 Å². The molecule has 0 saturated carbocycles. The Labute approximate surface area is 167 Å². The standard InChI is InChI=1S/C20H42O6S/c1-7-11-13-19(9-3)15-17(5)23-25-27(21,22)26-24-18(6)16-20(10-4)14-12-8-2/h17-20H,7-16H2,1-6H3. The maximum atomic E-state index is 11.8. The van der Waals surface area contributed by atoms with E-state index in [0.717, 1.165) is 64.2 Å². The summed E-state index contributed by atoms with van der Waals surface area (Å²) in [7, 11) is -4.34. The molecule has 4 unspecified atom stereocenters. The molecule has 0 radical (unpaired) electrons. The van der Waals surface area contributed by atoms with Gasteiger partial charge in [0, 0.05) is 0 Å². The third-order valence-corrected chi connectivity index (χ3v) is 5.48. The summed E-state index contributed by atoms with van der Waals surface area (Å²) >= 11 is 0. The molecule has 0 aromatic carbocycles. The van der Waals surface area contributed by atoms with Crippen molar-refractivity contribution in [3.05, 3.63) is 0 Å². The quantitative estimate of drug-likeness (QED) is 0.200. The first-order chi connectivity index (χ1) is 12.8. The molecule has 7 heteroatoms. The molecule has 0 rings (SSSR count). The smallest absolute Gasteiger partial charge is 0.215 e. The van der Waals surface area contributed by atoms with Crippen LogP contribution in [0.3, 0.4) is 0 Å². The average molecular weight is 411 g/mol. The van der Waals surface area contributed by atoms with E-state index in [1.165, 1.54) is 0 Å². The fourth-order valence-corrected chi connectivity index (χ4v) is 3.71. The second-order valence-corrected chi connectivity index (χ2v) is 8.75. The Morgan fingerprint density at radius 2 is 1.07 bits per heavy atom. The zero-order chi connectivity index (χ0) is 20.7. The largest absolute Gasteiger partial charge is 0.453 e. The van der Waals surface area contributed by atoms with E-state index in [1.54, 1.807) is 13.8 Å². The fraction of sp³-hybridized carbons (Fsp3) is 1.00. The topological polar surface area (TPSA) is 71.1 Å². The first-order valence-electron chi connectivity index (χ1n) is 10.7. The lowest BCUT2D eigenvalue weighted by atomic mass is 9.94. The molecule has 0 spiro atoms. The van der Waals surface area contributed by atoms with E-state index in [4.69, 9.17) is 9.78 Å². The number of unbranched alkanes of at least 4 members (excludes halogenated alkanes) is 2. The Hall–Kier alpha value is -0.210. The van der Waals surface area contributed by atoms with Crippen molar-refractivity contribution in [2.75, 3.05) is 0 Å². The van der Waals surface area contributed by atoms with Crippen molar-refractivity contribution < 1.29 is 26.9 Å². The van der Waals surface area contributed by atoms with Gasteiger partial charge in [0.25, 0.3) is 0 Å². The highest BCUT2D eigenvalue weighted by Crippen LogP contribution is 2.22. The summed E-state index contributed by atoms with van der Waals surface area (Å²) in [5.74, 6) is 0.995. The van der Waals surface area contributed by atoms with Gasteiger partial charge in [0.2, 0.25) is 0 Å². The van der Waals surface area contributed by atoms with Crippen LogP contribution in [0.15, 0.2) is 0 Å². The monoisotopic (exact) mass is 410 g/mol. The van der Waals surface area contributed by atoms with E-state index in [9.17, 15) is 8.42 Å². The predicted octanol–water partition coefficient (Wildman–Crippen LogP) is 6.12. The molecule has 164 valence electrons. The molecule has 0 aliphatic carbocycles. The molecular weight excluding hydrogens is 368 g/mol. The van der Waals surface area contributed by atoms with Crippen LogP contribution in [0.4, 0.5) is 0 Å². The maximum absolute atomic E-state index is 11.8. The van der Waals surface area contributed by atoms with Crippen LogP contribution in [-0.4, -0.2) is 20.6 Å². The van der Waals surface area contributed by atoms with Crippen molar-refractivity contribution in [1.29, 1.82) is 0 Å². The van der Waals surface area contributed by atoms with Crippen LogP contribution < -0.4 is 0 Å². The van der Waals surface area contributed by atoms with E-state index in [0.29, 0.717) is 11.8 Å². The number of hydrogen-bond donors (Lipinski definition) is 0. The molecule has 0 N–H and O–H groups in total. The lowest BCUT2D eigenvalue weighted by Gasteiger charge is -2.20. The van der Waals surface area contributed by atoms with Gasteiger partial charge in [0.15, 0.2) is 0 Å². The Morgan fingerprint density at radius 1 is 0.704 bits per heavy atom. The first-order valence-corrected chi connectivity index (χ1v) is 12.1. The van der Waals surface area contributed by atoms with Gasteiger partial charge in [-0.2, -0.15) is 8.42 Å². The molecule has 0 heterocycles. The molecule has 6 nitrogen and oxygen atoms in total. The molecule has 0 aliphatic rings. The Morgan fingerprint density at radius 3 is 1.37 bits per heavy atom. The van der Waals surface area contributed by atoms with E-state index in [2.05, 4.69) is 36.4 Å². The molecule has 4 atom stereocenters. The van der Waals surface area contributed by atoms with Crippen LogP contribution in [0, 0.1) is 11.8 Å². The van der Waals surface area contributed by atoms with Crippen molar-refractivity contribution in [3.63, 3.8) is 0 Å². The third kappa shape index (κ3) is 14.4. The molecule has 0 aliphatic heterocycles. The van der Waals surface area contributed by atoms with Crippen LogP contribution in [0.2, 0.25) is 0 Å². The van der Waals surface area contributed by atoms with Crippen molar-refractivity contribution in [3.8, 4) is 0 Å². The summed E-state index contributed by atoms with van der Waals surface area (Å²) < 4.78 is 32.6. The number of hydrogen-bond acceptors (Lipinski definition) is 6. The Bertz CT molecular complexity index is 406. The summed E-state index contributed by atoms with van der Waals surface area (Å²) in [6.45, 7) is 12.2. The van der Waals surface area contributed by atoms with E-state index in [1.807, 2.05) is 0 Å². The molecular formula is C20H42O6S. The van der Waals surface area contributed by atoms with Crippen LogP contribution in [0.1, 0.15) is 106 Å². The molecule has 0 saturated heterocycles. The molecule has 0 bridgehead atoms. The summed E-state index contributed by atoms with van der Waals surface area (Å²) in [5.41, 5.74) is 0. The van der Waals surface area contributed by atoms with Gasteiger partial charge < -0.3 is 0 Å². The highest BCUT2D eigenvalue weighted by Gasteiger charge is 2.22. The third-order valence-electron chi connectivity index (χ3n) is 4.99. The van der Waals surface area contributed by atoms with Crippen LogP contribution in [0.25, 0.3) is 0 Å². The van der Waals surface area contributed by atoms with Gasteiger partial charge in [-0.1, -0.05) is 87.7 Å². The molecule has 27 heavy (non-hydrogen) atoms. The van der Waals surface area contributed by atoms with Gasteiger partial charge in [-0.15, -0.1) is 0 Å². The van der Waals surface area contributed by atoms with Gasteiger partial charge in [-0.25, -0.2) is 9.78 Å². The van der Waals surface area contributed by atoms with Crippen molar-refractivity contribution in [2.45, 2.75) is 118 Å². The molecule has 0 fully saturated rings. The van der Waals surface area contributed by atoms with Crippen LogP contribution in [0.5, 0.6) is 0 Å². The lowest BCUT2D eigenvalue weighted by molar-refractivity contribution is -0.291. The van der Waals surface area contributed by atoms with E-state index < -0.39 is 10.4 Å². The summed E-state index contributed by atoms with van der Waals surface area (Å²) in [6.07, 6.45) is 9.76. The molecule has 0 aromatic heterocycles. The zero-order valence-corrected chi connectivity index (χ0v) is 19.1. The normalized spacial score (nSPS) is 16.8.